The van der Waals surface area contributed by atoms with Crippen molar-refractivity contribution in [2.24, 2.45) is 5.92 Å². The summed E-state index contributed by atoms with van der Waals surface area (Å²) in [7, 11) is 0. The van der Waals surface area contributed by atoms with Crippen LogP contribution >= 0.6 is 11.8 Å². The highest BCUT2D eigenvalue weighted by Gasteiger charge is 2.30. The first-order valence-corrected chi connectivity index (χ1v) is 4.95. The molecule has 58 valence electrons. The van der Waals surface area contributed by atoms with Gasteiger partial charge in [0.2, 0.25) is 0 Å². The Bertz CT molecular complexity index is 133. The lowest BCUT2D eigenvalue weighted by Gasteiger charge is -2.10. The molecular formula is C8H14OS. The van der Waals surface area contributed by atoms with Gasteiger partial charge in [0.1, 0.15) is 5.78 Å². The monoisotopic (exact) mass is 158 g/mol. The number of carbonyl (C=O) groups excluding carboxylic acids is 1. The van der Waals surface area contributed by atoms with Gasteiger partial charge in [-0.15, -0.1) is 0 Å². The van der Waals surface area contributed by atoms with Crippen LogP contribution in [0.15, 0.2) is 0 Å². The van der Waals surface area contributed by atoms with E-state index in [1.165, 1.54) is 0 Å². The predicted molar refractivity (Wildman–Crippen MR) is 45.3 cm³/mol. The molecule has 0 saturated heterocycles. The Balaban J connectivity index is 2.41. The molecule has 0 spiro atoms. The zero-order valence-corrected chi connectivity index (χ0v) is 7.41. The second-order valence-electron chi connectivity index (χ2n) is 2.79. The van der Waals surface area contributed by atoms with E-state index >= 15 is 0 Å². The summed E-state index contributed by atoms with van der Waals surface area (Å²) < 4.78 is 0. The van der Waals surface area contributed by atoms with Gasteiger partial charge < -0.3 is 0 Å². The Labute approximate surface area is 66.6 Å². The summed E-state index contributed by atoms with van der Waals surface area (Å²) in [6.45, 7) is 4.21. The normalized spacial score (nSPS) is 33.2. The minimum absolute atomic E-state index is 0.324. The van der Waals surface area contributed by atoms with Gasteiger partial charge in [-0.1, -0.05) is 13.8 Å². The summed E-state index contributed by atoms with van der Waals surface area (Å²) in [4.78, 5) is 11.0. The molecule has 0 heterocycles. The first kappa shape index (κ1) is 8.12. The number of rotatable bonds is 2. The molecule has 2 heteroatoms. The predicted octanol–water partition coefficient (Wildman–Crippen LogP) is 2.11. The highest BCUT2D eigenvalue weighted by atomic mass is 32.2. The Morgan fingerprint density at radius 1 is 1.70 bits per heavy atom. The maximum absolute atomic E-state index is 11.0. The van der Waals surface area contributed by atoms with Crippen molar-refractivity contribution in [2.45, 2.75) is 31.9 Å². The topological polar surface area (TPSA) is 17.1 Å². The standard InChI is InChI=1S/C8H14OS/c1-3-10-8-5-4-7(9)6(8)2/h6,8H,3-5H2,1-2H3. The number of thioether (sulfide) groups is 1. The fourth-order valence-electron chi connectivity index (χ4n) is 1.41. The van der Waals surface area contributed by atoms with Crippen molar-refractivity contribution in [1.82, 2.24) is 0 Å². The Kier molecular flexibility index (Phi) is 2.78. The van der Waals surface area contributed by atoms with E-state index in [-0.39, 0.29) is 0 Å². The van der Waals surface area contributed by atoms with Crippen molar-refractivity contribution in [3.63, 3.8) is 0 Å². The van der Waals surface area contributed by atoms with E-state index in [9.17, 15) is 4.79 Å². The molecule has 1 saturated carbocycles. The molecule has 1 rings (SSSR count). The fraction of sp³-hybridized carbons (Fsp3) is 0.875. The third kappa shape index (κ3) is 1.54. The van der Waals surface area contributed by atoms with E-state index in [0.717, 1.165) is 18.6 Å². The molecule has 2 unspecified atom stereocenters. The van der Waals surface area contributed by atoms with E-state index in [0.29, 0.717) is 17.0 Å². The third-order valence-corrected chi connectivity index (χ3v) is 3.53. The highest BCUT2D eigenvalue weighted by molar-refractivity contribution is 7.99. The Hall–Kier alpha value is 0.0200. The van der Waals surface area contributed by atoms with Crippen molar-refractivity contribution < 1.29 is 4.79 Å². The van der Waals surface area contributed by atoms with Gasteiger partial charge in [-0.25, -0.2) is 0 Å². The van der Waals surface area contributed by atoms with Crippen LogP contribution in [0.4, 0.5) is 0 Å². The van der Waals surface area contributed by atoms with Gasteiger partial charge in [0, 0.05) is 17.6 Å². The first-order chi connectivity index (χ1) is 4.75. The number of carbonyl (C=O) groups is 1. The van der Waals surface area contributed by atoms with Gasteiger partial charge in [0.25, 0.3) is 0 Å². The zero-order valence-electron chi connectivity index (χ0n) is 6.59. The quantitative estimate of drug-likeness (QED) is 0.612. The second-order valence-corrected chi connectivity index (χ2v) is 4.30. The van der Waals surface area contributed by atoms with Gasteiger partial charge >= 0.3 is 0 Å². The molecule has 1 aliphatic rings. The number of hydrogen-bond acceptors (Lipinski definition) is 2. The van der Waals surface area contributed by atoms with E-state index in [1.807, 2.05) is 11.8 Å². The second kappa shape index (κ2) is 3.42. The van der Waals surface area contributed by atoms with Crippen LogP contribution in [-0.2, 0) is 4.79 Å². The highest BCUT2D eigenvalue weighted by Crippen LogP contribution is 2.31. The first-order valence-electron chi connectivity index (χ1n) is 3.90. The molecule has 10 heavy (non-hydrogen) atoms. The molecule has 0 N–H and O–H groups in total. The molecule has 0 bridgehead atoms. The summed E-state index contributed by atoms with van der Waals surface area (Å²) in [5.74, 6) is 1.93. The minimum atomic E-state index is 0.324. The van der Waals surface area contributed by atoms with Gasteiger partial charge in [-0.2, -0.15) is 11.8 Å². The Morgan fingerprint density at radius 2 is 2.40 bits per heavy atom. The van der Waals surface area contributed by atoms with Crippen LogP contribution in [0.1, 0.15) is 26.7 Å². The van der Waals surface area contributed by atoms with Crippen LogP contribution in [0.25, 0.3) is 0 Å². The molecule has 1 nitrogen and oxygen atoms in total. The molecule has 0 aliphatic heterocycles. The fourth-order valence-corrected chi connectivity index (χ4v) is 2.56. The third-order valence-electron chi connectivity index (χ3n) is 2.12. The van der Waals surface area contributed by atoms with E-state index in [1.54, 1.807) is 0 Å². The maximum atomic E-state index is 11.0. The summed E-state index contributed by atoms with van der Waals surface area (Å²) in [6, 6.07) is 0. The maximum Gasteiger partial charge on any atom is 0.136 e. The van der Waals surface area contributed by atoms with Crippen LogP contribution in [-0.4, -0.2) is 16.8 Å². The van der Waals surface area contributed by atoms with E-state index < -0.39 is 0 Å². The number of hydrogen-bond donors (Lipinski definition) is 0. The molecule has 2 atom stereocenters. The Morgan fingerprint density at radius 3 is 2.80 bits per heavy atom. The van der Waals surface area contributed by atoms with Crippen LogP contribution < -0.4 is 0 Å². The molecule has 1 fully saturated rings. The summed E-state index contributed by atoms with van der Waals surface area (Å²) in [5.41, 5.74) is 0. The SMILES string of the molecule is CCSC1CCC(=O)C1C. The van der Waals surface area contributed by atoms with E-state index in [4.69, 9.17) is 0 Å². The lowest BCUT2D eigenvalue weighted by molar-refractivity contribution is -0.120. The van der Waals surface area contributed by atoms with Crippen molar-refractivity contribution in [3.05, 3.63) is 0 Å². The van der Waals surface area contributed by atoms with Gasteiger partial charge in [-0.3, -0.25) is 4.79 Å². The van der Waals surface area contributed by atoms with Crippen molar-refractivity contribution in [2.75, 3.05) is 5.75 Å². The molecular weight excluding hydrogens is 144 g/mol. The molecule has 1 aliphatic carbocycles. The molecule has 0 aromatic carbocycles. The lowest BCUT2D eigenvalue weighted by Crippen LogP contribution is -2.12. The van der Waals surface area contributed by atoms with Gasteiger partial charge in [0.15, 0.2) is 0 Å². The van der Waals surface area contributed by atoms with Crippen LogP contribution in [0.2, 0.25) is 0 Å². The average Bonchev–Trinajstić information content (AvgIpc) is 2.20. The number of ketones is 1. The number of Topliss-reactive ketones (excluding diaryl/α,β-unsaturated/α-hetero) is 1. The minimum Gasteiger partial charge on any atom is -0.299 e. The van der Waals surface area contributed by atoms with Crippen molar-refractivity contribution in [1.29, 1.82) is 0 Å². The molecule has 0 amide bonds. The smallest absolute Gasteiger partial charge is 0.136 e. The molecule has 0 radical (unpaired) electrons. The van der Waals surface area contributed by atoms with Crippen LogP contribution in [0, 0.1) is 5.92 Å². The van der Waals surface area contributed by atoms with Crippen LogP contribution in [0.5, 0.6) is 0 Å². The summed E-state index contributed by atoms with van der Waals surface area (Å²) in [5, 5.41) is 0.623. The van der Waals surface area contributed by atoms with Crippen molar-refractivity contribution in [3.8, 4) is 0 Å². The summed E-state index contributed by atoms with van der Waals surface area (Å²) >= 11 is 1.93. The summed E-state index contributed by atoms with van der Waals surface area (Å²) in [6.07, 6.45) is 1.93. The van der Waals surface area contributed by atoms with Gasteiger partial charge in [0.05, 0.1) is 0 Å². The van der Waals surface area contributed by atoms with Crippen molar-refractivity contribution >= 4 is 17.5 Å². The van der Waals surface area contributed by atoms with Crippen LogP contribution in [0.3, 0.4) is 0 Å². The lowest BCUT2D eigenvalue weighted by atomic mass is 10.1. The van der Waals surface area contributed by atoms with Gasteiger partial charge in [-0.05, 0) is 12.2 Å². The zero-order chi connectivity index (χ0) is 7.56. The van der Waals surface area contributed by atoms with E-state index in [2.05, 4.69) is 13.8 Å². The molecule has 0 aromatic heterocycles. The average molecular weight is 158 g/mol. The largest absolute Gasteiger partial charge is 0.299 e. The molecule has 0 aromatic rings.